The highest BCUT2D eigenvalue weighted by Crippen LogP contribution is 2.35. The number of hydrogen-bond acceptors (Lipinski definition) is 14. The summed E-state index contributed by atoms with van der Waals surface area (Å²) in [6.07, 6.45) is 6.15. The lowest BCUT2D eigenvalue weighted by molar-refractivity contribution is -0.140. The van der Waals surface area contributed by atoms with Gasteiger partial charge in [-0.2, -0.15) is 0 Å². The molecule has 1 aliphatic rings. The molecule has 22 N–H and O–H groups in total. The molecule has 1 aromatic heterocycles. The molecule has 24 heteroatoms. The van der Waals surface area contributed by atoms with E-state index in [0.29, 0.717) is 25.8 Å². The summed E-state index contributed by atoms with van der Waals surface area (Å²) >= 11 is 0. The number of aromatic amines is 1. The Hall–Kier alpha value is -8.81. The number of carboxylic acids is 6. The summed E-state index contributed by atoms with van der Waals surface area (Å²) in [4.78, 5) is 83.3. The van der Waals surface area contributed by atoms with E-state index < -0.39 is 71.8 Å². The van der Waals surface area contributed by atoms with Crippen LogP contribution in [0.25, 0.3) is 21.5 Å². The second-order valence-electron chi connectivity index (χ2n) is 16.8. The van der Waals surface area contributed by atoms with Gasteiger partial charge >= 0.3 is 35.8 Å². The summed E-state index contributed by atoms with van der Waals surface area (Å²) in [6.45, 7) is 1.28. The lowest BCUT2D eigenvalue weighted by atomic mass is 9.85. The number of aliphatic carboxylic acids is 6. The number of rotatable bonds is 18. The minimum atomic E-state index is -1.21. The van der Waals surface area contributed by atoms with Gasteiger partial charge < -0.3 is 81.1 Å². The molecule has 1 fully saturated rings. The highest BCUT2D eigenvalue weighted by molar-refractivity contribution is 5.97. The summed E-state index contributed by atoms with van der Waals surface area (Å²) in [5, 5.41) is 58.7. The highest BCUT2D eigenvalue weighted by atomic mass is 16.4. The third-order valence-corrected chi connectivity index (χ3v) is 10.8. The van der Waals surface area contributed by atoms with Crippen molar-refractivity contribution in [1.29, 1.82) is 0 Å². The molecule has 0 aliphatic carbocycles. The topological polar surface area (TPSA) is 476 Å². The van der Waals surface area contributed by atoms with Crippen molar-refractivity contribution in [3.05, 3.63) is 150 Å². The molecular weight excluding hydrogens is 987 g/mol. The number of aliphatic imine (C=N–C) groups is 1. The number of hydrogen-bond donors (Lipinski definition) is 15. The average Bonchev–Trinajstić information content (AvgIpc) is 4.13. The first-order chi connectivity index (χ1) is 36.0. The number of carbonyl (C=O) groups is 7. The summed E-state index contributed by atoms with van der Waals surface area (Å²) < 4.78 is 0. The van der Waals surface area contributed by atoms with Crippen molar-refractivity contribution in [3.63, 3.8) is 0 Å². The minimum absolute atomic E-state index is 0.0129. The fraction of sp³-hybridized carbons (Fsp3) is 0.288. The van der Waals surface area contributed by atoms with Gasteiger partial charge in [0, 0.05) is 24.9 Å². The first-order valence-electron chi connectivity index (χ1n) is 23.5. The first kappa shape index (κ1) is 63.3. The Bertz CT molecular complexity index is 2720. The number of guanidine groups is 1. The summed E-state index contributed by atoms with van der Waals surface area (Å²) in [6, 6.07) is 33.0. The van der Waals surface area contributed by atoms with Gasteiger partial charge in [0.05, 0.1) is 12.7 Å². The molecule has 5 aromatic carbocycles. The summed E-state index contributed by atoms with van der Waals surface area (Å²) in [7, 11) is 0. The Balaban J connectivity index is 0.000000330. The largest absolute Gasteiger partial charge is 0.481 e. The van der Waals surface area contributed by atoms with Crippen molar-refractivity contribution >= 4 is 69.2 Å². The van der Waals surface area contributed by atoms with E-state index in [1.54, 1.807) is 6.20 Å². The van der Waals surface area contributed by atoms with Gasteiger partial charge in [-0.1, -0.05) is 115 Å². The molecule has 76 heavy (non-hydrogen) atoms. The van der Waals surface area contributed by atoms with Crippen LogP contribution in [0.15, 0.2) is 133 Å². The number of fused-ring (bicyclic) bond motifs is 2. The Morgan fingerprint density at radius 2 is 1.08 bits per heavy atom. The molecular formula is C52H67N11O13. The van der Waals surface area contributed by atoms with Crippen LogP contribution in [-0.2, 0) is 46.4 Å². The van der Waals surface area contributed by atoms with E-state index in [4.69, 9.17) is 59.9 Å². The van der Waals surface area contributed by atoms with Gasteiger partial charge in [0.2, 0.25) is 5.91 Å². The lowest BCUT2D eigenvalue weighted by Gasteiger charge is -2.18. The molecule has 408 valence electrons. The maximum Gasteiger partial charge on any atom is 0.321 e. The fourth-order valence-electron chi connectivity index (χ4n) is 6.96. The van der Waals surface area contributed by atoms with Crippen LogP contribution in [0.3, 0.4) is 0 Å². The van der Waals surface area contributed by atoms with Crippen molar-refractivity contribution in [2.24, 2.45) is 45.1 Å². The van der Waals surface area contributed by atoms with E-state index in [0.717, 1.165) is 63.3 Å². The lowest BCUT2D eigenvalue weighted by Crippen LogP contribution is -2.34. The van der Waals surface area contributed by atoms with E-state index >= 15 is 0 Å². The van der Waals surface area contributed by atoms with E-state index in [9.17, 15) is 38.7 Å². The number of primary amides is 1. The zero-order valence-corrected chi connectivity index (χ0v) is 41.4. The summed E-state index contributed by atoms with van der Waals surface area (Å²) in [5.41, 5.74) is 38.8. The fourth-order valence-corrected chi connectivity index (χ4v) is 6.96. The van der Waals surface area contributed by atoms with Gasteiger partial charge in [0.15, 0.2) is 5.96 Å². The molecule has 6 aromatic rings. The van der Waals surface area contributed by atoms with Crippen LogP contribution in [0.2, 0.25) is 0 Å². The van der Waals surface area contributed by atoms with Crippen LogP contribution in [0, 0.1) is 0 Å². The van der Waals surface area contributed by atoms with Gasteiger partial charge in [-0.05, 0) is 76.9 Å². The smallest absolute Gasteiger partial charge is 0.321 e. The number of carboxylic acid groups (broad SMARTS) is 6. The number of aromatic nitrogens is 2. The van der Waals surface area contributed by atoms with E-state index in [1.807, 2.05) is 115 Å². The van der Waals surface area contributed by atoms with Crippen LogP contribution < -0.4 is 45.5 Å². The minimum Gasteiger partial charge on any atom is -0.481 e. The van der Waals surface area contributed by atoms with Crippen molar-refractivity contribution in [3.8, 4) is 0 Å². The van der Waals surface area contributed by atoms with Gasteiger partial charge in [-0.15, -0.1) is 0 Å². The van der Waals surface area contributed by atoms with Crippen LogP contribution >= 0.6 is 0 Å². The van der Waals surface area contributed by atoms with E-state index in [-0.39, 0.29) is 24.8 Å². The predicted octanol–water partition coefficient (Wildman–Crippen LogP) is 1.76. The number of nitrogens with zero attached hydrogens (tertiary/aromatic N) is 2. The number of amides is 1. The van der Waals surface area contributed by atoms with E-state index in [1.165, 1.54) is 6.33 Å². The van der Waals surface area contributed by atoms with Crippen LogP contribution in [0.4, 0.5) is 0 Å². The average molecular weight is 1050 g/mol. The van der Waals surface area contributed by atoms with Crippen molar-refractivity contribution in [2.45, 2.75) is 81.1 Å². The van der Waals surface area contributed by atoms with Gasteiger partial charge in [0.1, 0.15) is 36.1 Å². The van der Waals surface area contributed by atoms with E-state index in [2.05, 4.69) is 26.0 Å². The zero-order valence-electron chi connectivity index (χ0n) is 41.4. The van der Waals surface area contributed by atoms with Crippen molar-refractivity contribution in [1.82, 2.24) is 15.3 Å². The molecule has 2 heterocycles. The van der Waals surface area contributed by atoms with Crippen molar-refractivity contribution < 1.29 is 64.2 Å². The maximum absolute atomic E-state index is 12.2. The number of carbonyl (C=O) groups excluding carboxylic acids is 1. The van der Waals surface area contributed by atoms with Gasteiger partial charge in [0.25, 0.3) is 0 Å². The molecule has 1 amide bonds. The van der Waals surface area contributed by atoms with Crippen molar-refractivity contribution in [2.75, 3.05) is 13.1 Å². The zero-order chi connectivity index (χ0) is 56.7. The summed E-state index contributed by atoms with van der Waals surface area (Å²) in [5.74, 6) is -7.11. The number of benzene rings is 5. The maximum atomic E-state index is 12.2. The third-order valence-electron chi connectivity index (χ3n) is 10.8. The second kappa shape index (κ2) is 33.8. The van der Waals surface area contributed by atoms with Crippen LogP contribution in [0.5, 0.6) is 0 Å². The molecule has 5 atom stereocenters. The molecule has 0 saturated carbocycles. The van der Waals surface area contributed by atoms with Crippen LogP contribution in [-0.4, -0.2) is 132 Å². The monoisotopic (exact) mass is 1050 g/mol. The Morgan fingerprint density at radius 1 is 0.592 bits per heavy atom. The standard InChI is InChI=1S/C22H16O2.C9H11NO2.C6H14N4O2.C6H9N3O2.C5H9NO2.C4H8N2O3/c23-22(24)21(19-13-5-9-15-7-1-3-11-17(15)19)20-14-6-10-16-8-2-4-12-18(16)20;10-8(9(11)12)6-7-4-2-1-3-5-7;7-4(5(11)12)2-1-3-10-6(8)9;7-5(6(10)11)1-4-2-8-3-9-4;7-5(8)4-2-1-3-6-4;5-2(4(8)9)1-3(6)7/h1-14,21H,(H,23,24);1-5,8H,6,10H2,(H,11,12);4H,1-3,7H2,(H,11,12)(H4,8,9,10);2-3,5H,1,7H2,(H,8,9)(H,10,11);4,6H,1-3H2,(H,7,8);2H,1,5H2,(H2,6,7)(H,8,9)/t;;;;4-;/m....0./s1. The third kappa shape index (κ3) is 23.8. The molecule has 0 radical (unpaired) electrons. The quantitative estimate of drug-likeness (QED) is 0.0331. The Morgan fingerprint density at radius 3 is 1.47 bits per heavy atom. The molecule has 7 rings (SSSR count). The SMILES string of the molecule is NC(=O)CC(N)C(=O)O.NC(Cc1ccccc1)C(=O)O.NC(Cc1cnc[nH]1)C(=O)O.NC(N)=NCCCC(N)C(=O)O.O=C(O)C(c1cccc2ccccc12)c1cccc2ccccc12.O=C(O)[C@@H]1CCCN1. The van der Waals surface area contributed by atoms with Crippen LogP contribution in [0.1, 0.15) is 60.4 Å². The molecule has 1 aliphatic heterocycles. The van der Waals surface area contributed by atoms with Gasteiger partial charge in [-0.25, -0.2) is 4.98 Å². The first-order valence-corrected chi connectivity index (χ1v) is 23.5. The molecule has 0 spiro atoms. The predicted molar refractivity (Wildman–Crippen MR) is 285 cm³/mol. The normalized spacial score (nSPS) is 13.7. The number of imidazole rings is 1. The van der Waals surface area contributed by atoms with Gasteiger partial charge in [-0.3, -0.25) is 38.6 Å². The molecule has 0 bridgehead atoms. The second-order valence-corrected chi connectivity index (χ2v) is 16.8. The Labute approximate surface area is 437 Å². The molecule has 24 nitrogen and oxygen atoms in total. The highest BCUT2D eigenvalue weighted by Gasteiger charge is 2.26. The number of nitrogens with two attached hydrogens (primary N) is 7. The molecule has 4 unspecified atom stereocenters. The number of nitrogens with one attached hydrogen (secondary N) is 2. The Kier molecular flexibility index (Phi) is 28.2. The number of H-pyrrole nitrogens is 1. The molecule has 1 saturated heterocycles.